The fourth-order valence-corrected chi connectivity index (χ4v) is 2.45. The number of morpholine rings is 1. The quantitative estimate of drug-likeness (QED) is 0.605. The topological polar surface area (TPSA) is 72.6 Å². The summed E-state index contributed by atoms with van der Waals surface area (Å²) in [5.74, 6) is 0.595. The molecule has 7 heteroatoms. The van der Waals surface area contributed by atoms with Crippen LogP contribution in [0.3, 0.4) is 0 Å². The van der Waals surface area contributed by atoms with Crippen LogP contribution in [0.2, 0.25) is 0 Å². The Bertz CT molecular complexity index is 870. The van der Waals surface area contributed by atoms with Gasteiger partial charge in [0.1, 0.15) is 11.0 Å². The minimum Gasteiger partial charge on any atom is -0.378 e. The van der Waals surface area contributed by atoms with Crippen molar-refractivity contribution in [2.24, 2.45) is 0 Å². The standard InChI is InChI=1S/C14H13N5O2/c20-13-10-9-15-14(18-5-7-21-8-6-18)17-12(10)16-11-3-1-2-4-19(11)13/h1-4,9H,5-8H2. The normalized spacial score (nSPS) is 15.7. The Hall–Kier alpha value is -2.54. The van der Waals surface area contributed by atoms with Gasteiger partial charge in [0.25, 0.3) is 5.56 Å². The highest BCUT2D eigenvalue weighted by molar-refractivity contribution is 5.76. The maximum atomic E-state index is 12.4. The van der Waals surface area contributed by atoms with E-state index in [9.17, 15) is 4.79 Å². The predicted molar refractivity (Wildman–Crippen MR) is 77.6 cm³/mol. The van der Waals surface area contributed by atoms with E-state index >= 15 is 0 Å². The molecular weight excluding hydrogens is 270 g/mol. The Balaban J connectivity index is 1.91. The van der Waals surface area contributed by atoms with Gasteiger partial charge in [0.2, 0.25) is 5.95 Å². The Morgan fingerprint density at radius 1 is 1.14 bits per heavy atom. The summed E-state index contributed by atoms with van der Waals surface area (Å²) in [6, 6.07) is 5.43. The average Bonchev–Trinajstić information content (AvgIpc) is 2.55. The Labute approximate surface area is 119 Å². The van der Waals surface area contributed by atoms with Crippen LogP contribution < -0.4 is 10.5 Å². The molecule has 0 aromatic carbocycles. The van der Waals surface area contributed by atoms with Crippen LogP contribution in [0.4, 0.5) is 5.95 Å². The summed E-state index contributed by atoms with van der Waals surface area (Å²) in [7, 11) is 0. The number of anilines is 1. The van der Waals surface area contributed by atoms with E-state index in [4.69, 9.17) is 4.74 Å². The van der Waals surface area contributed by atoms with Crippen molar-refractivity contribution in [2.75, 3.05) is 31.2 Å². The molecule has 0 radical (unpaired) electrons. The number of hydrogen-bond donors (Lipinski definition) is 0. The molecule has 0 N–H and O–H groups in total. The van der Waals surface area contributed by atoms with Crippen LogP contribution in [0.1, 0.15) is 0 Å². The monoisotopic (exact) mass is 283 g/mol. The summed E-state index contributed by atoms with van der Waals surface area (Å²) in [6.07, 6.45) is 3.25. The summed E-state index contributed by atoms with van der Waals surface area (Å²) in [5, 5.41) is 0.427. The molecule has 4 heterocycles. The molecule has 0 saturated carbocycles. The van der Waals surface area contributed by atoms with Gasteiger partial charge in [0, 0.05) is 25.5 Å². The summed E-state index contributed by atoms with van der Waals surface area (Å²) in [4.78, 5) is 27.6. The second kappa shape index (κ2) is 4.78. The molecule has 1 fully saturated rings. The lowest BCUT2D eigenvalue weighted by atomic mass is 10.3. The fraction of sp³-hybridized carbons (Fsp3) is 0.286. The maximum absolute atomic E-state index is 12.4. The third-order valence-corrected chi connectivity index (χ3v) is 3.56. The van der Waals surface area contributed by atoms with Crippen LogP contribution in [-0.2, 0) is 4.74 Å². The molecule has 0 atom stereocenters. The zero-order valence-corrected chi connectivity index (χ0v) is 11.3. The van der Waals surface area contributed by atoms with Gasteiger partial charge in [-0.15, -0.1) is 0 Å². The smallest absolute Gasteiger partial charge is 0.268 e. The van der Waals surface area contributed by atoms with E-state index < -0.39 is 0 Å². The van der Waals surface area contributed by atoms with Gasteiger partial charge in [-0.05, 0) is 12.1 Å². The van der Waals surface area contributed by atoms with E-state index in [0.717, 1.165) is 13.1 Å². The average molecular weight is 283 g/mol. The predicted octanol–water partition coefficient (Wildman–Crippen LogP) is 0.474. The van der Waals surface area contributed by atoms with Gasteiger partial charge in [-0.2, -0.15) is 4.98 Å². The first-order valence-electron chi connectivity index (χ1n) is 6.80. The molecular formula is C14H13N5O2. The second-order valence-corrected chi connectivity index (χ2v) is 4.85. The Morgan fingerprint density at radius 3 is 2.86 bits per heavy atom. The number of nitrogens with zero attached hydrogens (tertiary/aromatic N) is 5. The number of aromatic nitrogens is 4. The van der Waals surface area contributed by atoms with Crippen LogP contribution in [-0.4, -0.2) is 45.7 Å². The summed E-state index contributed by atoms with van der Waals surface area (Å²) < 4.78 is 6.82. The van der Waals surface area contributed by atoms with Gasteiger partial charge in [0.05, 0.1) is 13.2 Å². The fourth-order valence-electron chi connectivity index (χ4n) is 2.45. The molecule has 0 aliphatic carbocycles. The maximum Gasteiger partial charge on any atom is 0.268 e. The SMILES string of the molecule is O=c1c2cnc(N3CCOCC3)nc2nc2ccccn12. The third-order valence-electron chi connectivity index (χ3n) is 3.56. The first-order valence-corrected chi connectivity index (χ1v) is 6.80. The van der Waals surface area contributed by atoms with Crippen LogP contribution in [0, 0.1) is 0 Å². The number of rotatable bonds is 1. The molecule has 4 rings (SSSR count). The minimum atomic E-state index is -0.149. The summed E-state index contributed by atoms with van der Waals surface area (Å²) in [6.45, 7) is 2.82. The highest BCUT2D eigenvalue weighted by atomic mass is 16.5. The summed E-state index contributed by atoms with van der Waals surface area (Å²) in [5.41, 5.74) is 0.869. The lowest BCUT2D eigenvalue weighted by Crippen LogP contribution is -2.37. The van der Waals surface area contributed by atoms with E-state index in [0.29, 0.717) is 35.8 Å². The molecule has 1 aliphatic heterocycles. The molecule has 3 aromatic rings. The van der Waals surface area contributed by atoms with Crippen LogP contribution in [0.25, 0.3) is 16.7 Å². The van der Waals surface area contributed by atoms with Crippen molar-refractivity contribution in [3.63, 3.8) is 0 Å². The van der Waals surface area contributed by atoms with Crippen molar-refractivity contribution in [1.29, 1.82) is 0 Å². The summed E-state index contributed by atoms with van der Waals surface area (Å²) >= 11 is 0. The van der Waals surface area contributed by atoms with Gasteiger partial charge >= 0.3 is 0 Å². The Kier molecular flexibility index (Phi) is 2.78. The van der Waals surface area contributed by atoms with E-state index in [1.165, 1.54) is 4.40 Å². The van der Waals surface area contributed by atoms with Gasteiger partial charge in [-0.1, -0.05) is 6.07 Å². The third kappa shape index (κ3) is 2.02. The van der Waals surface area contributed by atoms with Crippen LogP contribution in [0.15, 0.2) is 35.4 Å². The lowest BCUT2D eigenvalue weighted by molar-refractivity contribution is 0.122. The van der Waals surface area contributed by atoms with Crippen molar-refractivity contribution < 1.29 is 4.74 Å². The molecule has 0 unspecified atom stereocenters. The zero-order valence-electron chi connectivity index (χ0n) is 11.3. The molecule has 21 heavy (non-hydrogen) atoms. The van der Waals surface area contributed by atoms with Crippen molar-refractivity contribution in [3.05, 3.63) is 40.9 Å². The van der Waals surface area contributed by atoms with Crippen LogP contribution >= 0.6 is 0 Å². The molecule has 7 nitrogen and oxygen atoms in total. The van der Waals surface area contributed by atoms with Gasteiger partial charge in [-0.25, -0.2) is 9.97 Å². The van der Waals surface area contributed by atoms with Crippen molar-refractivity contribution in [3.8, 4) is 0 Å². The van der Waals surface area contributed by atoms with Gasteiger partial charge in [-0.3, -0.25) is 9.20 Å². The largest absolute Gasteiger partial charge is 0.378 e. The van der Waals surface area contributed by atoms with E-state index in [2.05, 4.69) is 15.0 Å². The van der Waals surface area contributed by atoms with E-state index in [1.54, 1.807) is 24.5 Å². The number of pyridine rings is 1. The highest BCUT2D eigenvalue weighted by Gasteiger charge is 2.15. The number of ether oxygens (including phenoxy) is 1. The lowest BCUT2D eigenvalue weighted by Gasteiger charge is -2.26. The zero-order chi connectivity index (χ0) is 14.2. The van der Waals surface area contributed by atoms with Crippen molar-refractivity contribution >= 4 is 22.6 Å². The molecule has 0 amide bonds. The molecule has 3 aromatic heterocycles. The number of fused-ring (bicyclic) bond motifs is 2. The molecule has 0 spiro atoms. The van der Waals surface area contributed by atoms with Crippen LogP contribution in [0.5, 0.6) is 0 Å². The van der Waals surface area contributed by atoms with Crippen molar-refractivity contribution in [2.45, 2.75) is 0 Å². The number of hydrogen-bond acceptors (Lipinski definition) is 6. The van der Waals surface area contributed by atoms with E-state index in [-0.39, 0.29) is 5.56 Å². The molecule has 1 aliphatic rings. The first kappa shape index (κ1) is 12.2. The van der Waals surface area contributed by atoms with E-state index in [1.807, 2.05) is 11.0 Å². The minimum absolute atomic E-state index is 0.149. The second-order valence-electron chi connectivity index (χ2n) is 4.85. The van der Waals surface area contributed by atoms with Gasteiger partial charge in [0.15, 0.2) is 5.65 Å². The first-order chi connectivity index (χ1) is 10.3. The van der Waals surface area contributed by atoms with Crippen molar-refractivity contribution in [1.82, 2.24) is 19.4 Å². The molecule has 106 valence electrons. The highest BCUT2D eigenvalue weighted by Crippen LogP contribution is 2.13. The molecule has 1 saturated heterocycles. The van der Waals surface area contributed by atoms with Gasteiger partial charge < -0.3 is 9.64 Å². The molecule has 0 bridgehead atoms. The Morgan fingerprint density at radius 2 is 2.00 bits per heavy atom.